The molecule has 120 valence electrons. The van der Waals surface area contributed by atoms with Crippen molar-refractivity contribution in [1.82, 2.24) is 5.32 Å². The number of aryl methyl sites for hydroxylation is 2. The number of benzene rings is 2. The number of hydrogen-bond donors (Lipinski definition) is 1. The first-order valence-electron chi connectivity index (χ1n) is 7.57. The zero-order chi connectivity index (χ0) is 16.8. The van der Waals surface area contributed by atoms with Gasteiger partial charge in [0.25, 0.3) is 5.91 Å². The van der Waals surface area contributed by atoms with Gasteiger partial charge in [-0.2, -0.15) is 0 Å². The highest BCUT2D eigenvalue weighted by molar-refractivity contribution is 5.93. The maximum atomic E-state index is 12.2. The average Bonchev–Trinajstić information content (AvgIpc) is 2.55. The molecule has 0 aliphatic carbocycles. The third-order valence-electron chi connectivity index (χ3n) is 3.58. The molecule has 0 heterocycles. The number of carbonyl (C=O) groups is 2. The Morgan fingerprint density at radius 1 is 1.09 bits per heavy atom. The molecule has 2 aromatic rings. The van der Waals surface area contributed by atoms with Crippen molar-refractivity contribution in [1.29, 1.82) is 0 Å². The van der Waals surface area contributed by atoms with Gasteiger partial charge in [-0.15, -0.1) is 0 Å². The van der Waals surface area contributed by atoms with E-state index >= 15 is 0 Å². The minimum atomic E-state index is -0.842. The summed E-state index contributed by atoms with van der Waals surface area (Å²) in [6, 6.07) is 15.2. The molecule has 4 heteroatoms. The summed E-state index contributed by atoms with van der Waals surface area (Å²) in [4.78, 5) is 24.3. The molecule has 0 saturated heterocycles. The van der Waals surface area contributed by atoms with Crippen LogP contribution in [0.2, 0.25) is 0 Å². The first kappa shape index (κ1) is 16.7. The Balaban J connectivity index is 1.92. The number of carbonyl (C=O) groups excluding carboxylic acids is 2. The van der Waals surface area contributed by atoms with Crippen molar-refractivity contribution in [2.75, 3.05) is 0 Å². The summed E-state index contributed by atoms with van der Waals surface area (Å²) in [7, 11) is 0. The lowest BCUT2D eigenvalue weighted by atomic mass is 10.1. The number of rotatable bonds is 5. The lowest BCUT2D eigenvalue weighted by Crippen LogP contribution is -2.35. The van der Waals surface area contributed by atoms with Crippen molar-refractivity contribution in [2.24, 2.45) is 0 Å². The summed E-state index contributed by atoms with van der Waals surface area (Å²) in [6.45, 7) is 5.73. The molecule has 0 fully saturated rings. The van der Waals surface area contributed by atoms with Gasteiger partial charge in [0, 0.05) is 6.54 Å². The van der Waals surface area contributed by atoms with E-state index in [2.05, 4.69) is 5.32 Å². The molecule has 23 heavy (non-hydrogen) atoms. The van der Waals surface area contributed by atoms with E-state index in [-0.39, 0.29) is 5.91 Å². The molecule has 0 saturated carbocycles. The smallest absolute Gasteiger partial charge is 0.339 e. The number of nitrogens with one attached hydrogen (secondary N) is 1. The molecule has 0 aliphatic heterocycles. The van der Waals surface area contributed by atoms with E-state index in [9.17, 15) is 9.59 Å². The number of hydrogen-bond acceptors (Lipinski definition) is 3. The predicted molar refractivity (Wildman–Crippen MR) is 89.1 cm³/mol. The van der Waals surface area contributed by atoms with Crippen molar-refractivity contribution in [3.8, 4) is 0 Å². The highest BCUT2D eigenvalue weighted by atomic mass is 16.5. The quantitative estimate of drug-likeness (QED) is 0.863. The Labute approximate surface area is 136 Å². The molecule has 0 aliphatic rings. The Kier molecular flexibility index (Phi) is 5.52. The largest absolute Gasteiger partial charge is 0.449 e. The maximum absolute atomic E-state index is 12.2. The lowest BCUT2D eigenvalue weighted by molar-refractivity contribution is -0.129. The minimum Gasteiger partial charge on any atom is -0.449 e. The standard InChI is InChI=1S/C19H21NO3/c1-13-9-10-14(2)17(11-13)19(22)23-15(3)18(21)20-12-16-7-5-4-6-8-16/h4-11,15H,12H2,1-3H3,(H,20,21)/t15-/m0/s1. The Morgan fingerprint density at radius 2 is 1.78 bits per heavy atom. The Bertz CT molecular complexity index is 695. The van der Waals surface area contributed by atoms with Crippen LogP contribution in [-0.2, 0) is 16.1 Å². The van der Waals surface area contributed by atoms with E-state index in [0.717, 1.165) is 16.7 Å². The molecule has 2 rings (SSSR count). The van der Waals surface area contributed by atoms with Crippen molar-refractivity contribution in [3.05, 3.63) is 70.8 Å². The van der Waals surface area contributed by atoms with Gasteiger partial charge in [-0.1, -0.05) is 48.0 Å². The molecule has 4 nitrogen and oxygen atoms in total. The zero-order valence-electron chi connectivity index (χ0n) is 13.6. The summed E-state index contributed by atoms with van der Waals surface area (Å²) >= 11 is 0. The summed E-state index contributed by atoms with van der Waals surface area (Å²) in [6.07, 6.45) is -0.842. The monoisotopic (exact) mass is 311 g/mol. The SMILES string of the molecule is Cc1ccc(C)c(C(=O)O[C@@H](C)C(=O)NCc2ccccc2)c1. The van der Waals surface area contributed by atoms with Gasteiger partial charge in [-0.25, -0.2) is 4.79 Å². The Hall–Kier alpha value is -2.62. The van der Waals surface area contributed by atoms with Crippen molar-refractivity contribution >= 4 is 11.9 Å². The molecular weight excluding hydrogens is 290 g/mol. The van der Waals surface area contributed by atoms with E-state index in [1.165, 1.54) is 0 Å². The molecule has 0 bridgehead atoms. The third-order valence-corrected chi connectivity index (χ3v) is 3.58. The van der Waals surface area contributed by atoms with E-state index in [4.69, 9.17) is 4.74 Å². The first-order valence-corrected chi connectivity index (χ1v) is 7.57. The van der Waals surface area contributed by atoms with Gasteiger partial charge >= 0.3 is 5.97 Å². The summed E-state index contributed by atoms with van der Waals surface area (Å²) in [5, 5.41) is 2.77. The van der Waals surface area contributed by atoms with Gasteiger partial charge < -0.3 is 10.1 Å². The summed E-state index contributed by atoms with van der Waals surface area (Å²) in [5.74, 6) is -0.791. The van der Waals surface area contributed by atoms with Crippen molar-refractivity contribution in [2.45, 2.75) is 33.4 Å². The zero-order valence-corrected chi connectivity index (χ0v) is 13.6. The lowest BCUT2D eigenvalue weighted by Gasteiger charge is -2.14. The average molecular weight is 311 g/mol. The second-order valence-corrected chi connectivity index (χ2v) is 5.57. The second kappa shape index (κ2) is 7.58. The topological polar surface area (TPSA) is 55.4 Å². The minimum absolute atomic E-state index is 0.312. The van der Waals surface area contributed by atoms with Crippen LogP contribution in [0.5, 0.6) is 0 Å². The van der Waals surface area contributed by atoms with Gasteiger partial charge in [0.05, 0.1) is 5.56 Å². The molecule has 1 N–H and O–H groups in total. The predicted octanol–water partition coefficient (Wildman–Crippen LogP) is 3.17. The molecule has 1 atom stereocenters. The molecule has 0 spiro atoms. The fourth-order valence-electron chi connectivity index (χ4n) is 2.16. The fourth-order valence-corrected chi connectivity index (χ4v) is 2.16. The van der Waals surface area contributed by atoms with E-state index in [1.807, 2.05) is 56.3 Å². The van der Waals surface area contributed by atoms with Crippen LogP contribution in [0.4, 0.5) is 0 Å². The molecule has 0 aromatic heterocycles. The molecular formula is C19H21NO3. The number of amides is 1. The third kappa shape index (κ3) is 4.68. The van der Waals surface area contributed by atoms with Crippen LogP contribution < -0.4 is 5.32 Å². The highest BCUT2D eigenvalue weighted by Crippen LogP contribution is 2.13. The fraction of sp³-hybridized carbons (Fsp3) is 0.263. The summed E-state index contributed by atoms with van der Waals surface area (Å²) < 4.78 is 5.27. The van der Waals surface area contributed by atoms with Gasteiger partial charge in [0.2, 0.25) is 0 Å². The van der Waals surface area contributed by atoms with Crippen LogP contribution in [0.1, 0.15) is 34.0 Å². The van der Waals surface area contributed by atoms with E-state index in [0.29, 0.717) is 12.1 Å². The van der Waals surface area contributed by atoms with Crippen molar-refractivity contribution in [3.63, 3.8) is 0 Å². The number of ether oxygens (including phenoxy) is 1. The van der Waals surface area contributed by atoms with Gasteiger partial charge in [-0.05, 0) is 38.0 Å². The number of esters is 1. The van der Waals surface area contributed by atoms with Gasteiger partial charge in [0.15, 0.2) is 6.10 Å². The second-order valence-electron chi connectivity index (χ2n) is 5.57. The maximum Gasteiger partial charge on any atom is 0.339 e. The molecule has 2 aromatic carbocycles. The van der Waals surface area contributed by atoms with Crippen LogP contribution >= 0.6 is 0 Å². The molecule has 0 radical (unpaired) electrons. The summed E-state index contributed by atoms with van der Waals surface area (Å²) in [5.41, 5.74) is 3.29. The van der Waals surface area contributed by atoms with Gasteiger partial charge in [-0.3, -0.25) is 4.79 Å². The first-order chi connectivity index (χ1) is 11.0. The molecule has 1 amide bonds. The van der Waals surface area contributed by atoms with E-state index in [1.54, 1.807) is 13.0 Å². The van der Waals surface area contributed by atoms with Crippen LogP contribution in [0.25, 0.3) is 0 Å². The Morgan fingerprint density at radius 3 is 2.48 bits per heavy atom. The van der Waals surface area contributed by atoms with Crippen LogP contribution in [0.15, 0.2) is 48.5 Å². The molecule has 0 unspecified atom stereocenters. The van der Waals surface area contributed by atoms with E-state index < -0.39 is 12.1 Å². The van der Waals surface area contributed by atoms with Crippen LogP contribution in [0.3, 0.4) is 0 Å². The van der Waals surface area contributed by atoms with Gasteiger partial charge in [0.1, 0.15) is 0 Å². The normalized spacial score (nSPS) is 11.6. The highest BCUT2D eigenvalue weighted by Gasteiger charge is 2.19. The van der Waals surface area contributed by atoms with Crippen LogP contribution in [-0.4, -0.2) is 18.0 Å². The van der Waals surface area contributed by atoms with Crippen LogP contribution in [0, 0.1) is 13.8 Å². The van der Waals surface area contributed by atoms with Crippen molar-refractivity contribution < 1.29 is 14.3 Å².